The Bertz CT molecular complexity index is 1360. The van der Waals surface area contributed by atoms with Crippen molar-refractivity contribution in [3.05, 3.63) is 95.5 Å². The van der Waals surface area contributed by atoms with E-state index in [1.165, 1.54) is 15.8 Å². The number of likely N-dealkylation sites (N-methyl/N-ethyl adjacent to an activating group) is 1. The quantitative estimate of drug-likeness (QED) is 0.220. The highest BCUT2D eigenvalue weighted by atomic mass is 32.2. The number of aromatic nitrogens is 2. The molecular formula is C28H27N3OS2. The summed E-state index contributed by atoms with van der Waals surface area (Å²) < 4.78 is 6.27. The first-order chi connectivity index (χ1) is 16.7. The van der Waals surface area contributed by atoms with E-state index in [4.69, 9.17) is 9.72 Å². The molecule has 0 unspecified atom stereocenters. The predicted octanol–water partition coefficient (Wildman–Crippen LogP) is 7.48. The van der Waals surface area contributed by atoms with Crippen molar-refractivity contribution < 1.29 is 4.74 Å². The van der Waals surface area contributed by atoms with Gasteiger partial charge in [0.15, 0.2) is 0 Å². The number of aromatic amines is 1. The van der Waals surface area contributed by atoms with Crippen LogP contribution < -0.4 is 4.74 Å². The zero-order valence-corrected chi connectivity index (χ0v) is 21.0. The summed E-state index contributed by atoms with van der Waals surface area (Å²) in [7, 11) is 4.22. The molecule has 172 valence electrons. The van der Waals surface area contributed by atoms with Crippen LogP contribution in [-0.2, 0) is 12.2 Å². The van der Waals surface area contributed by atoms with Crippen molar-refractivity contribution in [1.29, 1.82) is 0 Å². The van der Waals surface area contributed by atoms with Crippen molar-refractivity contribution >= 4 is 34.0 Å². The Hall–Kier alpha value is -3.06. The normalized spacial score (nSPS) is 11.4. The van der Waals surface area contributed by atoms with Crippen molar-refractivity contribution in [2.75, 3.05) is 20.6 Å². The number of nitrogens with zero attached hydrogens (tertiary/aromatic N) is 2. The SMILES string of the molecule is CN(C)CCc1c[nH]c2cccc(-c3nc(Oc4ccccc4)c(CSc4ccccc4)s3)c12. The molecule has 0 aliphatic carbocycles. The molecule has 0 spiro atoms. The lowest BCUT2D eigenvalue weighted by Gasteiger charge is -2.09. The third-order valence-electron chi connectivity index (χ3n) is 5.58. The van der Waals surface area contributed by atoms with Gasteiger partial charge in [0.25, 0.3) is 0 Å². The van der Waals surface area contributed by atoms with Crippen molar-refractivity contribution in [3.8, 4) is 22.2 Å². The summed E-state index contributed by atoms with van der Waals surface area (Å²) in [6.45, 7) is 1.00. The number of hydrogen-bond donors (Lipinski definition) is 1. The Morgan fingerprint density at radius 3 is 2.47 bits per heavy atom. The van der Waals surface area contributed by atoms with Gasteiger partial charge in [0.1, 0.15) is 10.8 Å². The van der Waals surface area contributed by atoms with E-state index in [0.29, 0.717) is 5.88 Å². The highest BCUT2D eigenvalue weighted by molar-refractivity contribution is 7.98. The van der Waals surface area contributed by atoms with Crippen LogP contribution in [0.2, 0.25) is 0 Å². The van der Waals surface area contributed by atoms with Crippen LogP contribution in [0.3, 0.4) is 0 Å². The third kappa shape index (κ3) is 5.20. The lowest BCUT2D eigenvalue weighted by Crippen LogP contribution is -2.14. The van der Waals surface area contributed by atoms with Gasteiger partial charge < -0.3 is 14.6 Å². The molecule has 5 aromatic rings. The maximum atomic E-state index is 6.27. The van der Waals surface area contributed by atoms with E-state index in [9.17, 15) is 0 Å². The first kappa shape index (κ1) is 22.7. The smallest absolute Gasteiger partial charge is 0.234 e. The minimum atomic E-state index is 0.692. The fraction of sp³-hybridized carbons (Fsp3) is 0.179. The lowest BCUT2D eigenvalue weighted by atomic mass is 10.0. The van der Waals surface area contributed by atoms with E-state index in [-0.39, 0.29) is 0 Å². The molecule has 0 amide bonds. The van der Waals surface area contributed by atoms with Crippen LogP contribution in [0.15, 0.2) is 90.0 Å². The molecular weight excluding hydrogens is 458 g/mol. The fourth-order valence-corrected chi connectivity index (χ4v) is 5.86. The van der Waals surface area contributed by atoms with Gasteiger partial charge in [0.2, 0.25) is 5.88 Å². The Morgan fingerprint density at radius 1 is 0.941 bits per heavy atom. The molecule has 0 aliphatic rings. The van der Waals surface area contributed by atoms with E-state index >= 15 is 0 Å². The van der Waals surface area contributed by atoms with Gasteiger partial charge in [-0.1, -0.05) is 48.5 Å². The molecule has 4 nitrogen and oxygen atoms in total. The third-order valence-corrected chi connectivity index (χ3v) is 7.87. The van der Waals surface area contributed by atoms with Gasteiger partial charge >= 0.3 is 0 Å². The van der Waals surface area contributed by atoms with E-state index in [2.05, 4.69) is 72.6 Å². The maximum Gasteiger partial charge on any atom is 0.234 e. The molecule has 0 aliphatic heterocycles. The minimum absolute atomic E-state index is 0.692. The molecule has 5 rings (SSSR count). The molecule has 2 aromatic heterocycles. The topological polar surface area (TPSA) is 41.2 Å². The van der Waals surface area contributed by atoms with Crippen molar-refractivity contribution in [3.63, 3.8) is 0 Å². The molecule has 0 fully saturated rings. The predicted molar refractivity (Wildman–Crippen MR) is 144 cm³/mol. The second-order valence-electron chi connectivity index (χ2n) is 8.36. The van der Waals surface area contributed by atoms with Gasteiger partial charge in [-0.05, 0) is 56.4 Å². The first-order valence-electron chi connectivity index (χ1n) is 11.3. The summed E-state index contributed by atoms with van der Waals surface area (Å²) in [6.07, 6.45) is 3.12. The summed E-state index contributed by atoms with van der Waals surface area (Å²) in [6, 6.07) is 26.8. The van der Waals surface area contributed by atoms with Crippen molar-refractivity contribution in [1.82, 2.24) is 14.9 Å². The number of para-hydroxylation sites is 1. The Balaban J connectivity index is 1.52. The molecule has 1 N–H and O–H groups in total. The molecule has 6 heteroatoms. The van der Waals surface area contributed by atoms with Gasteiger partial charge in [-0.15, -0.1) is 23.1 Å². The molecule has 0 saturated carbocycles. The molecule has 0 radical (unpaired) electrons. The largest absolute Gasteiger partial charge is 0.438 e. The van der Waals surface area contributed by atoms with Crippen molar-refractivity contribution in [2.24, 2.45) is 0 Å². The second-order valence-corrected chi connectivity index (χ2v) is 10.5. The summed E-state index contributed by atoms with van der Waals surface area (Å²) in [5.74, 6) is 2.30. The molecule has 2 heterocycles. The van der Waals surface area contributed by atoms with Crippen LogP contribution in [0.25, 0.3) is 21.5 Å². The van der Waals surface area contributed by atoms with Crippen LogP contribution in [0, 0.1) is 0 Å². The van der Waals surface area contributed by atoms with Gasteiger partial charge in [0, 0.05) is 39.9 Å². The number of hydrogen-bond acceptors (Lipinski definition) is 5. The van der Waals surface area contributed by atoms with Gasteiger partial charge in [-0.3, -0.25) is 0 Å². The first-order valence-corrected chi connectivity index (χ1v) is 13.1. The number of nitrogens with one attached hydrogen (secondary N) is 1. The lowest BCUT2D eigenvalue weighted by molar-refractivity contribution is 0.414. The number of H-pyrrole nitrogens is 1. The zero-order valence-electron chi connectivity index (χ0n) is 19.3. The summed E-state index contributed by atoms with van der Waals surface area (Å²) in [5.41, 5.74) is 3.62. The van der Waals surface area contributed by atoms with E-state index in [1.807, 2.05) is 36.4 Å². The molecule has 3 aromatic carbocycles. The molecule has 34 heavy (non-hydrogen) atoms. The van der Waals surface area contributed by atoms with Crippen LogP contribution >= 0.6 is 23.1 Å². The Kier molecular flexibility index (Phi) is 7.00. The number of rotatable bonds is 9. The number of thioether (sulfide) groups is 1. The highest BCUT2D eigenvalue weighted by Gasteiger charge is 2.19. The second kappa shape index (κ2) is 10.5. The average molecular weight is 486 g/mol. The number of benzene rings is 3. The van der Waals surface area contributed by atoms with Crippen LogP contribution in [0.5, 0.6) is 11.6 Å². The monoisotopic (exact) mass is 485 g/mol. The van der Waals surface area contributed by atoms with Crippen molar-refractivity contribution in [2.45, 2.75) is 17.1 Å². The van der Waals surface area contributed by atoms with Gasteiger partial charge in [-0.2, -0.15) is 0 Å². The van der Waals surface area contributed by atoms with Crippen LogP contribution in [0.1, 0.15) is 10.4 Å². The average Bonchev–Trinajstić information content (AvgIpc) is 3.46. The van der Waals surface area contributed by atoms with E-state index in [0.717, 1.165) is 45.4 Å². The molecule has 0 saturated heterocycles. The fourth-order valence-electron chi connectivity index (χ4n) is 3.86. The minimum Gasteiger partial charge on any atom is -0.438 e. The number of thiazole rings is 1. The standard InChI is InChI=1S/C28H27N3OS2/c1-31(2)17-16-20-18-29-24-15-9-14-23(26(20)24)28-30-27(32-21-10-5-3-6-11-21)25(34-28)19-33-22-12-7-4-8-13-22/h3-15,18,29H,16-17,19H2,1-2H3. The van der Waals surface area contributed by atoms with E-state index < -0.39 is 0 Å². The zero-order chi connectivity index (χ0) is 23.3. The Morgan fingerprint density at radius 2 is 1.71 bits per heavy atom. The summed E-state index contributed by atoms with van der Waals surface area (Å²) in [5, 5.41) is 2.25. The Labute approximate surface area is 208 Å². The summed E-state index contributed by atoms with van der Waals surface area (Å²) in [4.78, 5) is 13.1. The van der Waals surface area contributed by atoms with Gasteiger partial charge in [0.05, 0.1) is 4.88 Å². The number of ether oxygens (including phenoxy) is 1. The van der Waals surface area contributed by atoms with Crippen LogP contribution in [0.4, 0.5) is 0 Å². The maximum absolute atomic E-state index is 6.27. The summed E-state index contributed by atoms with van der Waals surface area (Å²) >= 11 is 3.53. The van der Waals surface area contributed by atoms with E-state index in [1.54, 1.807) is 23.1 Å². The van der Waals surface area contributed by atoms with Crippen LogP contribution in [-0.4, -0.2) is 35.5 Å². The number of fused-ring (bicyclic) bond motifs is 1. The van der Waals surface area contributed by atoms with Gasteiger partial charge in [-0.25, -0.2) is 4.98 Å². The molecule has 0 atom stereocenters. The molecule has 0 bridgehead atoms. The highest BCUT2D eigenvalue weighted by Crippen LogP contribution is 2.41.